The van der Waals surface area contributed by atoms with Crippen LogP contribution in [0.5, 0.6) is 5.88 Å². The third-order valence-electron chi connectivity index (χ3n) is 4.40. The van der Waals surface area contributed by atoms with Gasteiger partial charge in [0.05, 0.1) is 24.3 Å². The topological polar surface area (TPSA) is 69.2 Å². The van der Waals surface area contributed by atoms with Crippen molar-refractivity contribution in [3.63, 3.8) is 0 Å². The number of halogens is 1. The van der Waals surface area contributed by atoms with Crippen molar-refractivity contribution >= 4 is 0 Å². The zero-order valence-corrected chi connectivity index (χ0v) is 14.5. The number of fused-ring (bicyclic) bond motifs is 1. The maximum Gasteiger partial charge on any atom is 0.250 e. The third kappa shape index (κ3) is 3.75. The largest absolute Gasteiger partial charge is 0.475 e. The minimum Gasteiger partial charge on any atom is -0.475 e. The van der Waals surface area contributed by atoms with Crippen LogP contribution in [-0.4, -0.2) is 37.7 Å². The van der Waals surface area contributed by atoms with Crippen molar-refractivity contribution in [2.75, 3.05) is 13.2 Å². The highest BCUT2D eigenvalue weighted by molar-refractivity contribution is 5.13. The Bertz CT molecular complexity index is 878. The van der Waals surface area contributed by atoms with Gasteiger partial charge in [0.25, 0.3) is 0 Å². The van der Waals surface area contributed by atoms with E-state index >= 15 is 0 Å². The van der Waals surface area contributed by atoms with Gasteiger partial charge in [0, 0.05) is 50.6 Å². The van der Waals surface area contributed by atoms with E-state index in [1.807, 2.05) is 25.5 Å². The highest BCUT2D eigenvalue weighted by atomic mass is 19.1. The third-order valence-corrected chi connectivity index (χ3v) is 4.40. The molecule has 0 N–H and O–H groups in total. The molecule has 0 saturated carbocycles. The minimum atomic E-state index is -0.445. The molecule has 0 spiro atoms. The van der Waals surface area contributed by atoms with Gasteiger partial charge < -0.3 is 13.8 Å². The molecular formula is C18H20FN5O2. The lowest BCUT2D eigenvalue weighted by Gasteiger charge is -2.23. The first kappa shape index (κ1) is 16.7. The van der Waals surface area contributed by atoms with Gasteiger partial charge in [-0.05, 0) is 19.1 Å². The average Bonchev–Trinajstić information content (AvgIpc) is 3.19. The normalized spacial score (nSPS) is 17.7. The highest BCUT2D eigenvalue weighted by Gasteiger charge is 2.24. The van der Waals surface area contributed by atoms with Crippen molar-refractivity contribution < 1.29 is 13.7 Å². The van der Waals surface area contributed by atoms with Crippen LogP contribution in [0.3, 0.4) is 0 Å². The lowest BCUT2D eigenvalue weighted by atomic mass is 10.1. The van der Waals surface area contributed by atoms with Crippen LogP contribution in [0.15, 0.2) is 41.4 Å². The number of hydrogen-bond donors (Lipinski definition) is 0. The van der Waals surface area contributed by atoms with Crippen LogP contribution in [0, 0.1) is 18.7 Å². The lowest BCUT2D eigenvalue weighted by molar-refractivity contribution is 0.159. The van der Waals surface area contributed by atoms with Crippen molar-refractivity contribution in [1.29, 1.82) is 0 Å². The smallest absolute Gasteiger partial charge is 0.250 e. The standard InChI is InChI=1S/C18H20FN5O2/c1-13-5-15(22-26-13)9-23-7-14(8-24-12-20-6-16(24)10-23)11-25-18-17(19)3-2-4-21-18/h2-6,12,14H,7-11H2,1H3/t14-/m1/s1. The molecule has 0 bridgehead atoms. The molecule has 1 aliphatic rings. The number of aryl methyl sites for hydroxylation is 1. The van der Waals surface area contributed by atoms with Gasteiger partial charge in [-0.1, -0.05) is 5.16 Å². The molecule has 3 aromatic heterocycles. The fourth-order valence-corrected chi connectivity index (χ4v) is 3.26. The van der Waals surface area contributed by atoms with E-state index < -0.39 is 5.82 Å². The first-order valence-electron chi connectivity index (χ1n) is 8.54. The molecule has 136 valence electrons. The second-order valence-electron chi connectivity index (χ2n) is 6.60. The summed E-state index contributed by atoms with van der Waals surface area (Å²) in [6, 6.07) is 4.84. The van der Waals surface area contributed by atoms with Crippen molar-refractivity contribution in [1.82, 2.24) is 24.6 Å². The fraction of sp³-hybridized carbons (Fsp3) is 0.389. The minimum absolute atomic E-state index is 0.0428. The summed E-state index contributed by atoms with van der Waals surface area (Å²) in [5.74, 6) is 0.561. The number of aromatic nitrogens is 4. The molecule has 0 radical (unpaired) electrons. The van der Waals surface area contributed by atoms with Crippen LogP contribution in [0.25, 0.3) is 0 Å². The predicted octanol–water partition coefficient (Wildman–Crippen LogP) is 2.42. The molecule has 4 rings (SSSR count). The molecule has 0 saturated heterocycles. The van der Waals surface area contributed by atoms with Crippen LogP contribution in [0.2, 0.25) is 0 Å². The van der Waals surface area contributed by atoms with Crippen LogP contribution >= 0.6 is 0 Å². The number of rotatable bonds is 5. The van der Waals surface area contributed by atoms with E-state index in [-0.39, 0.29) is 11.8 Å². The fourth-order valence-electron chi connectivity index (χ4n) is 3.26. The molecule has 26 heavy (non-hydrogen) atoms. The molecule has 0 amide bonds. The average molecular weight is 357 g/mol. The molecule has 1 aliphatic heterocycles. The van der Waals surface area contributed by atoms with Crippen molar-refractivity contribution in [2.24, 2.45) is 5.92 Å². The molecular weight excluding hydrogens is 337 g/mol. The Kier molecular flexibility index (Phi) is 4.66. The molecule has 0 aromatic carbocycles. The van der Waals surface area contributed by atoms with Crippen molar-refractivity contribution in [3.8, 4) is 5.88 Å². The number of pyridine rings is 1. The zero-order chi connectivity index (χ0) is 17.9. The molecule has 3 aromatic rings. The van der Waals surface area contributed by atoms with E-state index in [2.05, 4.69) is 24.6 Å². The molecule has 8 heteroatoms. The maximum absolute atomic E-state index is 13.7. The predicted molar refractivity (Wildman–Crippen MR) is 90.8 cm³/mol. The molecule has 7 nitrogen and oxygen atoms in total. The maximum atomic E-state index is 13.7. The van der Waals surface area contributed by atoms with Crippen LogP contribution < -0.4 is 4.74 Å². The quantitative estimate of drug-likeness (QED) is 0.699. The van der Waals surface area contributed by atoms with E-state index in [1.165, 1.54) is 12.3 Å². The second-order valence-corrected chi connectivity index (χ2v) is 6.60. The first-order chi connectivity index (χ1) is 12.7. The van der Waals surface area contributed by atoms with Crippen molar-refractivity contribution in [3.05, 3.63) is 59.9 Å². The van der Waals surface area contributed by atoms with E-state index in [0.29, 0.717) is 13.2 Å². The Morgan fingerprint density at radius 1 is 1.38 bits per heavy atom. The highest BCUT2D eigenvalue weighted by Crippen LogP contribution is 2.20. The first-order valence-corrected chi connectivity index (χ1v) is 8.54. The SMILES string of the molecule is Cc1cc(CN2Cc3cncn3C[C@H](COc3ncccc3F)C2)no1. The van der Waals surface area contributed by atoms with Gasteiger partial charge in [-0.2, -0.15) is 0 Å². The van der Waals surface area contributed by atoms with Crippen LogP contribution in [0.1, 0.15) is 17.1 Å². The summed E-state index contributed by atoms with van der Waals surface area (Å²) in [5.41, 5.74) is 2.03. The monoisotopic (exact) mass is 357 g/mol. The van der Waals surface area contributed by atoms with Gasteiger partial charge in [-0.3, -0.25) is 4.90 Å². The van der Waals surface area contributed by atoms with Crippen LogP contribution in [0.4, 0.5) is 4.39 Å². The Labute approximate surface area is 150 Å². The van der Waals surface area contributed by atoms with Gasteiger partial charge in [-0.15, -0.1) is 0 Å². The summed E-state index contributed by atoms with van der Waals surface area (Å²) < 4.78 is 26.7. The summed E-state index contributed by atoms with van der Waals surface area (Å²) in [6.07, 6.45) is 5.23. The molecule has 1 atom stereocenters. The van der Waals surface area contributed by atoms with E-state index in [1.54, 1.807) is 6.07 Å². The number of nitrogens with zero attached hydrogens (tertiary/aromatic N) is 5. The molecule has 0 unspecified atom stereocenters. The summed E-state index contributed by atoms with van der Waals surface area (Å²) in [5, 5.41) is 4.08. The molecule has 4 heterocycles. The number of imidazole rings is 1. The Hall–Kier alpha value is -2.74. The van der Waals surface area contributed by atoms with Gasteiger partial charge in [-0.25, -0.2) is 14.4 Å². The summed E-state index contributed by atoms with van der Waals surface area (Å²) >= 11 is 0. The summed E-state index contributed by atoms with van der Waals surface area (Å²) in [6.45, 7) is 5.25. The summed E-state index contributed by atoms with van der Waals surface area (Å²) in [4.78, 5) is 10.5. The Morgan fingerprint density at radius 2 is 2.31 bits per heavy atom. The van der Waals surface area contributed by atoms with E-state index in [0.717, 1.165) is 36.8 Å². The van der Waals surface area contributed by atoms with Crippen LogP contribution in [-0.2, 0) is 19.6 Å². The van der Waals surface area contributed by atoms with Gasteiger partial charge >= 0.3 is 0 Å². The van der Waals surface area contributed by atoms with E-state index in [4.69, 9.17) is 9.26 Å². The lowest BCUT2D eigenvalue weighted by Crippen LogP contribution is -2.31. The van der Waals surface area contributed by atoms with Crippen molar-refractivity contribution in [2.45, 2.75) is 26.6 Å². The number of hydrogen-bond acceptors (Lipinski definition) is 6. The van der Waals surface area contributed by atoms with Gasteiger partial charge in [0.2, 0.25) is 5.88 Å². The van der Waals surface area contributed by atoms with Gasteiger partial charge in [0.15, 0.2) is 5.82 Å². The second kappa shape index (κ2) is 7.25. The van der Waals surface area contributed by atoms with Gasteiger partial charge in [0.1, 0.15) is 5.76 Å². The summed E-state index contributed by atoms with van der Waals surface area (Å²) in [7, 11) is 0. The van der Waals surface area contributed by atoms with E-state index in [9.17, 15) is 4.39 Å². The zero-order valence-electron chi connectivity index (χ0n) is 14.5. The Morgan fingerprint density at radius 3 is 3.12 bits per heavy atom. The molecule has 0 aliphatic carbocycles. The molecule has 0 fully saturated rings. The Balaban J connectivity index is 1.48. The number of ether oxygens (including phenoxy) is 1.